The molecule has 2 aromatic rings. The van der Waals surface area contributed by atoms with Crippen LogP contribution in [0.25, 0.3) is 0 Å². The predicted octanol–water partition coefficient (Wildman–Crippen LogP) is 2.32. The van der Waals surface area contributed by atoms with Gasteiger partial charge in [0, 0.05) is 25.4 Å². The number of nitrogens with one attached hydrogen (secondary N) is 1. The standard InChI is InChI=1S/C19H24N2O3/c1-13-5-7-16(8-6-13)12-21(9-4-10-22)19(24)17-14(2)11-15(3)20-18(17)23/h5-8,11,22H,4,9-10,12H2,1-3H3,(H,20,23). The number of nitrogens with zero attached hydrogens (tertiary/aromatic N) is 1. The lowest BCUT2D eigenvalue weighted by Gasteiger charge is -2.23. The van der Waals surface area contributed by atoms with Gasteiger partial charge in [0.1, 0.15) is 5.56 Å². The number of H-pyrrole nitrogens is 1. The molecule has 1 aromatic carbocycles. The van der Waals surface area contributed by atoms with Gasteiger partial charge < -0.3 is 15.0 Å². The molecule has 128 valence electrons. The van der Waals surface area contributed by atoms with Gasteiger partial charge in [0.2, 0.25) is 0 Å². The van der Waals surface area contributed by atoms with Crippen molar-refractivity contribution in [3.05, 3.63) is 68.6 Å². The Labute approximate surface area is 142 Å². The van der Waals surface area contributed by atoms with E-state index in [0.717, 1.165) is 16.8 Å². The zero-order valence-corrected chi connectivity index (χ0v) is 14.4. The molecule has 2 N–H and O–H groups in total. The van der Waals surface area contributed by atoms with Crippen molar-refractivity contribution in [3.8, 4) is 0 Å². The van der Waals surface area contributed by atoms with E-state index in [-0.39, 0.29) is 23.6 Å². The number of carbonyl (C=O) groups is 1. The van der Waals surface area contributed by atoms with Crippen molar-refractivity contribution in [3.63, 3.8) is 0 Å². The van der Waals surface area contributed by atoms with Gasteiger partial charge in [-0.15, -0.1) is 0 Å². The number of aliphatic hydroxyl groups excluding tert-OH is 1. The number of benzene rings is 1. The maximum Gasteiger partial charge on any atom is 0.261 e. The SMILES string of the molecule is Cc1ccc(CN(CCCO)C(=O)c2c(C)cc(C)[nH]c2=O)cc1. The van der Waals surface area contributed by atoms with Crippen molar-refractivity contribution in [2.45, 2.75) is 33.7 Å². The maximum absolute atomic E-state index is 12.9. The first kappa shape index (κ1) is 17.9. The zero-order valence-electron chi connectivity index (χ0n) is 14.4. The van der Waals surface area contributed by atoms with E-state index >= 15 is 0 Å². The smallest absolute Gasteiger partial charge is 0.261 e. The molecular weight excluding hydrogens is 304 g/mol. The van der Waals surface area contributed by atoms with Crippen LogP contribution in [-0.2, 0) is 6.54 Å². The van der Waals surface area contributed by atoms with E-state index in [4.69, 9.17) is 5.11 Å². The van der Waals surface area contributed by atoms with Crippen LogP contribution < -0.4 is 5.56 Å². The van der Waals surface area contributed by atoms with Crippen molar-refractivity contribution in [1.29, 1.82) is 0 Å². The molecule has 24 heavy (non-hydrogen) atoms. The number of aromatic nitrogens is 1. The summed E-state index contributed by atoms with van der Waals surface area (Å²) in [4.78, 5) is 29.4. The van der Waals surface area contributed by atoms with Crippen LogP contribution in [0.1, 0.15) is 39.2 Å². The van der Waals surface area contributed by atoms with Gasteiger partial charge in [-0.05, 0) is 44.4 Å². The average molecular weight is 328 g/mol. The number of hydrogen-bond donors (Lipinski definition) is 2. The summed E-state index contributed by atoms with van der Waals surface area (Å²) in [6.45, 7) is 6.38. The third-order valence-electron chi connectivity index (χ3n) is 3.95. The Balaban J connectivity index is 2.31. The summed E-state index contributed by atoms with van der Waals surface area (Å²) < 4.78 is 0. The van der Waals surface area contributed by atoms with E-state index in [1.807, 2.05) is 31.2 Å². The average Bonchev–Trinajstić information content (AvgIpc) is 2.52. The van der Waals surface area contributed by atoms with Gasteiger partial charge in [-0.2, -0.15) is 0 Å². The molecule has 2 rings (SSSR count). The Hall–Kier alpha value is -2.40. The third kappa shape index (κ3) is 4.32. The van der Waals surface area contributed by atoms with Crippen LogP contribution in [0, 0.1) is 20.8 Å². The predicted molar refractivity (Wildman–Crippen MR) is 94.2 cm³/mol. The number of pyridine rings is 1. The highest BCUT2D eigenvalue weighted by Crippen LogP contribution is 2.13. The van der Waals surface area contributed by atoms with Crippen LogP contribution in [0.3, 0.4) is 0 Å². The van der Waals surface area contributed by atoms with Crippen molar-refractivity contribution in [2.75, 3.05) is 13.2 Å². The molecule has 1 amide bonds. The Morgan fingerprint density at radius 2 is 1.83 bits per heavy atom. The first-order valence-corrected chi connectivity index (χ1v) is 8.08. The zero-order chi connectivity index (χ0) is 17.7. The van der Waals surface area contributed by atoms with Crippen LogP contribution in [-0.4, -0.2) is 34.0 Å². The number of carbonyl (C=O) groups excluding carboxylic acids is 1. The second kappa shape index (κ2) is 7.93. The van der Waals surface area contributed by atoms with Crippen molar-refractivity contribution >= 4 is 5.91 Å². The van der Waals surface area contributed by atoms with E-state index < -0.39 is 0 Å². The molecule has 0 radical (unpaired) electrons. The topological polar surface area (TPSA) is 73.4 Å². The number of aliphatic hydroxyl groups is 1. The van der Waals surface area contributed by atoms with E-state index in [0.29, 0.717) is 25.1 Å². The van der Waals surface area contributed by atoms with Crippen molar-refractivity contribution in [1.82, 2.24) is 9.88 Å². The van der Waals surface area contributed by atoms with Gasteiger partial charge in [-0.25, -0.2) is 0 Å². The molecule has 0 unspecified atom stereocenters. The Morgan fingerprint density at radius 3 is 2.42 bits per heavy atom. The Morgan fingerprint density at radius 1 is 1.17 bits per heavy atom. The summed E-state index contributed by atoms with van der Waals surface area (Å²) >= 11 is 0. The molecule has 1 heterocycles. The third-order valence-corrected chi connectivity index (χ3v) is 3.95. The van der Waals surface area contributed by atoms with E-state index in [2.05, 4.69) is 4.98 Å². The number of rotatable bonds is 6. The minimum Gasteiger partial charge on any atom is -0.396 e. The summed E-state index contributed by atoms with van der Waals surface area (Å²) in [5, 5.41) is 9.11. The molecule has 0 bridgehead atoms. The minimum atomic E-state index is -0.365. The number of aryl methyl sites for hydroxylation is 3. The lowest BCUT2D eigenvalue weighted by Crippen LogP contribution is -2.36. The molecule has 5 nitrogen and oxygen atoms in total. The molecule has 0 aliphatic heterocycles. The van der Waals surface area contributed by atoms with Gasteiger partial charge in [0.05, 0.1) is 0 Å². The van der Waals surface area contributed by atoms with E-state index in [9.17, 15) is 9.59 Å². The first-order chi connectivity index (χ1) is 11.4. The number of hydrogen-bond acceptors (Lipinski definition) is 3. The molecule has 5 heteroatoms. The largest absolute Gasteiger partial charge is 0.396 e. The van der Waals surface area contributed by atoms with Crippen LogP contribution in [0.5, 0.6) is 0 Å². The van der Waals surface area contributed by atoms with E-state index in [1.54, 1.807) is 24.8 Å². The highest BCUT2D eigenvalue weighted by Gasteiger charge is 2.21. The molecule has 0 aliphatic carbocycles. The molecule has 1 aromatic heterocycles. The summed E-state index contributed by atoms with van der Waals surface area (Å²) in [5.74, 6) is -0.303. The van der Waals surface area contributed by atoms with Crippen molar-refractivity contribution in [2.24, 2.45) is 0 Å². The highest BCUT2D eigenvalue weighted by molar-refractivity contribution is 5.95. The van der Waals surface area contributed by atoms with Crippen molar-refractivity contribution < 1.29 is 9.90 Å². The molecule has 0 atom stereocenters. The lowest BCUT2D eigenvalue weighted by atomic mass is 10.1. The number of amides is 1. The fourth-order valence-corrected chi connectivity index (χ4v) is 2.71. The second-order valence-electron chi connectivity index (χ2n) is 6.13. The highest BCUT2D eigenvalue weighted by atomic mass is 16.3. The Kier molecular flexibility index (Phi) is 5.93. The monoisotopic (exact) mass is 328 g/mol. The minimum absolute atomic E-state index is 0.000908. The molecule has 0 spiro atoms. The normalized spacial score (nSPS) is 10.7. The van der Waals surface area contributed by atoms with Gasteiger partial charge in [0.15, 0.2) is 0 Å². The molecule has 0 saturated carbocycles. The molecular formula is C19H24N2O3. The van der Waals surface area contributed by atoms with Crippen LogP contribution in [0.15, 0.2) is 35.1 Å². The van der Waals surface area contributed by atoms with Gasteiger partial charge in [0.25, 0.3) is 11.5 Å². The fraction of sp³-hybridized carbons (Fsp3) is 0.368. The van der Waals surface area contributed by atoms with Gasteiger partial charge in [-0.3, -0.25) is 9.59 Å². The Bertz CT molecular complexity index is 763. The molecule has 0 saturated heterocycles. The van der Waals surface area contributed by atoms with Gasteiger partial charge >= 0.3 is 0 Å². The van der Waals surface area contributed by atoms with E-state index in [1.165, 1.54) is 0 Å². The first-order valence-electron chi connectivity index (χ1n) is 8.08. The summed E-state index contributed by atoms with van der Waals surface area (Å²) in [6.07, 6.45) is 0.473. The molecule has 0 fully saturated rings. The lowest BCUT2D eigenvalue weighted by molar-refractivity contribution is 0.0729. The van der Waals surface area contributed by atoms with Crippen LogP contribution >= 0.6 is 0 Å². The summed E-state index contributed by atoms with van der Waals surface area (Å²) in [7, 11) is 0. The molecule has 0 aliphatic rings. The quantitative estimate of drug-likeness (QED) is 0.855. The van der Waals surface area contributed by atoms with Crippen LogP contribution in [0.4, 0.5) is 0 Å². The maximum atomic E-state index is 12.9. The summed E-state index contributed by atoms with van der Waals surface area (Å²) in [6, 6.07) is 9.73. The number of aromatic amines is 1. The second-order valence-corrected chi connectivity index (χ2v) is 6.13. The van der Waals surface area contributed by atoms with Gasteiger partial charge in [-0.1, -0.05) is 29.8 Å². The summed E-state index contributed by atoms with van der Waals surface area (Å²) in [5.41, 5.74) is 3.35. The van der Waals surface area contributed by atoms with Crippen LogP contribution in [0.2, 0.25) is 0 Å². The fourth-order valence-electron chi connectivity index (χ4n) is 2.71.